The molecule has 1 amide bonds. The van der Waals surface area contributed by atoms with Gasteiger partial charge in [0.2, 0.25) is 5.91 Å². The van der Waals surface area contributed by atoms with E-state index in [0.29, 0.717) is 11.8 Å². The van der Waals surface area contributed by atoms with Crippen molar-refractivity contribution in [1.82, 2.24) is 0 Å². The predicted molar refractivity (Wildman–Crippen MR) is 91.3 cm³/mol. The fraction of sp³-hybridized carbons (Fsp3) is 0.0714. The summed E-state index contributed by atoms with van der Waals surface area (Å²) >= 11 is 0. The molecule has 2 N–H and O–H groups in total. The Morgan fingerprint density at radius 2 is 1.62 bits per heavy atom. The fourth-order valence-corrected chi connectivity index (χ4v) is 3.07. The molecule has 12 heteroatoms. The van der Waals surface area contributed by atoms with Gasteiger partial charge in [-0.25, -0.2) is 8.42 Å². The average Bonchev–Trinajstić information content (AvgIpc) is 2.54. The van der Waals surface area contributed by atoms with Gasteiger partial charge >= 0.3 is 0 Å². The quantitative estimate of drug-likeness (QED) is 0.573. The molecule has 0 aromatic heterocycles. The zero-order valence-corrected chi connectivity index (χ0v) is 14.0. The highest BCUT2D eigenvalue weighted by atomic mass is 32.2. The summed E-state index contributed by atoms with van der Waals surface area (Å²) in [4.78, 5) is 30.8. The first kappa shape index (κ1) is 18.8. The highest BCUT2D eigenvalue weighted by molar-refractivity contribution is 7.92. The van der Waals surface area contributed by atoms with Gasteiger partial charge in [0.15, 0.2) is 0 Å². The number of nitrogens with zero attached hydrogens (tertiary/aromatic N) is 2. The van der Waals surface area contributed by atoms with E-state index in [2.05, 4.69) is 5.32 Å². The Morgan fingerprint density at radius 3 is 2.12 bits per heavy atom. The van der Waals surface area contributed by atoms with Crippen LogP contribution in [0.4, 0.5) is 22.7 Å². The molecule has 2 aromatic rings. The molecule has 0 spiro atoms. The topological polar surface area (TPSA) is 162 Å². The minimum absolute atomic E-state index is 0.209. The molecule has 0 bridgehead atoms. The van der Waals surface area contributed by atoms with Gasteiger partial charge in [-0.1, -0.05) is 0 Å². The van der Waals surface area contributed by atoms with E-state index in [1.54, 1.807) is 0 Å². The molecule has 11 nitrogen and oxygen atoms in total. The molecule has 0 radical (unpaired) electrons. The number of anilines is 2. The highest BCUT2D eigenvalue weighted by Crippen LogP contribution is 2.30. The van der Waals surface area contributed by atoms with Crippen LogP contribution in [0.15, 0.2) is 47.4 Å². The van der Waals surface area contributed by atoms with Crippen molar-refractivity contribution < 1.29 is 23.1 Å². The van der Waals surface area contributed by atoms with E-state index < -0.39 is 36.9 Å². The first-order valence-corrected chi connectivity index (χ1v) is 8.42. The number of hydrogen-bond donors (Lipinski definition) is 2. The van der Waals surface area contributed by atoms with E-state index in [-0.39, 0.29) is 10.8 Å². The number of hydrogen-bond acceptors (Lipinski definition) is 7. The Bertz CT molecular complexity index is 987. The highest BCUT2D eigenvalue weighted by Gasteiger charge is 2.24. The number of carbonyl (C=O) groups excluding carboxylic acids is 1. The molecule has 0 aliphatic carbocycles. The molecule has 2 aromatic carbocycles. The summed E-state index contributed by atoms with van der Waals surface area (Å²) in [6.07, 6.45) is 0. The van der Waals surface area contributed by atoms with Gasteiger partial charge in [-0.05, 0) is 30.3 Å². The standard InChI is InChI=1S/C14H12N4O7S/c1-9(19)15-10-2-5-12(6-3-10)26(24,25)16-13-7-4-11(17(20)21)8-14(13)18(22)23/h2-8,16H,1H3,(H,15,19). The Kier molecular flexibility index (Phi) is 5.16. The third-order valence-electron chi connectivity index (χ3n) is 3.12. The van der Waals surface area contributed by atoms with Crippen molar-refractivity contribution in [1.29, 1.82) is 0 Å². The minimum Gasteiger partial charge on any atom is -0.326 e. The van der Waals surface area contributed by atoms with E-state index >= 15 is 0 Å². The van der Waals surface area contributed by atoms with Crippen molar-refractivity contribution in [2.45, 2.75) is 11.8 Å². The van der Waals surface area contributed by atoms with E-state index in [4.69, 9.17) is 0 Å². The smallest absolute Gasteiger partial charge is 0.300 e. The second kappa shape index (κ2) is 7.14. The van der Waals surface area contributed by atoms with Crippen LogP contribution in [-0.4, -0.2) is 24.2 Å². The summed E-state index contributed by atoms with van der Waals surface area (Å²) < 4.78 is 26.8. The van der Waals surface area contributed by atoms with Gasteiger partial charge in [0.1, 0.15) is 5.69 Å². The number of carbonyl (C=O) groups is 1. The predicted octanol–water partition coefficient (Wildman–Crippen LogP) is 2.26. The lowest BCUT2D eigenvalue weighted by molar-refractivity contribution is -0.393. The Hall–Kier alpha value is -3.54. The summed E-state index contributed by atoms with van der Waals surface area (Å²) in [5.41, 5.74) is -1.33. The molecule has 136 valence electrons. The van der Waals surface area contributed by atoms with Crippen molar-refractivity contribution in [3.63, 3.8) is 0 Å². The van der Waals surface area contributed by atoms with Crippen LogP contribution in [-0.2, 0) is 14.8 Å². The first-order chi connectivity index (χ1) is 12.1. The summed E-state index contributed by atoms with van der Waals surface area (Å²) in [6, 6.07) is 7.65. The number of sulfonamides is 1. The second-order valence-electron chi connectivity index (χ2n) is 5.03. The lowest BCUT2D eigenvalue weighted by Crippen LogP contribution is -2.14. The van der Waals surface area contributed by atoms with Crippen molar-refractivity contribution in [3.8, 4) is 0 Å². The van der Waals surface area contributed by atoms with Gasteiger partial charge in [-0.3, -0.25) is 29.7 Å². The zero-order valence-electron chi connectivity index (χ0n) is 13.2. The first-order valence-electron chi connectivity index (χ1n) is 6.93. The summed E-state index contributed by atoms with van der Waals surface area (Å²) in [5.74, 6) is -0.333. The summed E-state index contributed by atoms with van der Waals surface area (Å²) in [6.45, 7) is 1.29. The average molecular weight is 380 g/mol. The van der Waals surface area contributed by atoms with Gasteiger partial charge < -0.3 is 5.32 Å². The number of non-ortho nitro benzene ring substituents is 1. The van der Waals surface area contributed by atoms with Crippen molar-refractivity contribution in [2.24, 2.45) is 0 Å². The maximum Gasteiger partial charge on any atom is 0.300 e. The number of amides is 1. The third-order valence-corrected chi connectivity index (χ3v) is 4.50. The Labute approximate surface area is 147 Å². The van der Waals surface area contributed by atoms with E-state index in [1.165, 1.54) is 31.2 Å². The Morgan fingerprint density at radius 1 is 1.00 bits per heavy atom. The lowest BCUT2D eigenvalue weighted by Gasteiger charge is -2.09. The molecule has 26 heavy (non-hydrogen) atoms. The molecule has 0 atom stereocenters. The largest absolute Gasteiger partial charge is 0.326 e. The summed E-state index contributed by atoms with van der Waals surface area (Å²) in [7, 11) is -4.18. The van der Waals surface area contributed by atoms with Crippen LogP contribution in [0.2, 0.25) is 0 Å². The molecule has 0 saturated heterocycles. The van der Waals surface area contributed by atoms with E-state index in [0.717, 1.165) is 12.1 Å². The van der Waals surface area contributed by atoms with Crippen LogP contribution in [0.3, 0.4) is 0 Å². The number of benzene rings is 2. The van der Waals surface area contributed by atoms with Crippen LogP contribution in [0.1, 0.15) is 6.92 Å². The van der Waals surface area contributed by atoms with Gasteiger partial charge in [-0.15, -0.1) is 0 Å². The van der Waals surface area contributed by atoms with Gasteiger partial charge in [0, 0.05) is 18.7 Å². The van der Waals surface area contributed by atoms with Gasteiger partial charge in [0.25, 0.3) is 21.4 Å². The Balaban J connectivity index is 2.35. The molecule has 0 aliphatic rings. The molecule has 0 aliphatic heterocycles. The maximum absolute atomic E-state index is 12.4. The van der Waals surface area contributed by atoms with Gasteiger partial charge in [0.05, 0.1) is 20.8 Å². The lowest BCUT2D eigenvalue weighted by atomic mass is 10.2. The summed E-state index contributed by atoms with van der Waals surface area (Å²) in [5, 5.41) is 24.3. The SMILES string of the molecule is CC(=O)Nc1ccc(S(=O)(=O)Nc2ccc([N+](=O)[O-])cc2[N+](=O)[O-])cc1. The van der Waals surface area contributed by atoms with Crippen LogP contribution >= 0.6 is 0 Å². The van der Waals surface area contributed by atoms with Crippen molar-refractivity contribution >= 4 is 38.7 Å². The number of nitro groups is 2. The van der Waals surface area contributed by atoms with Gasteiger partial charge in [-0.2, -0.15) is 0 Å². The fourth-order valence-electron chi connectivity index (χ4n) is 2.00. The van der Waals surface area contributed by atoms with E-state index in [9.17, 15) is 33.4 Å². The monoisotopic (exact) mass is 380 g/mol. The molecule has 2 rings (SSSR count). The third kappa shape index (κ3) is 4.30. The number of rotatable bonds is 6. The van der Waals surface area contributed by atoms with Crippen LogP contribution < -0.4 is 10.0 Å². The molecular weight excluding hydrogens is 368 g/mol. The molecule has 0 unspecified atom stereocenters. The van der Waals surface area contributed by atoms with Crippen LogP contribution in [0, 0.1) is 20.2 Å². The molecule has 0 saturated carbocycles. The number of nitrogens with one attached hydrogen (secondary N) is 2. The normalized spacial score (nSPS) is 10.8. The van der Waals surface area contributed by atoms with Crippen molar-refractivity contribution in [3.05, 3.63) is 62.7 Å². The zero-order chi connectivity index (χ0) is 19.5. The number of nitro benzene ring substituents is 2. The van der Waals surface area contributed by atoms with E-state index in [1.807, 2.05) is 4.72 Å². The van der Waals surface area contributed by atoms with Crippen molar-refractivity contribution in [2.75, 3.05) is 10.0 Å². The van der Waals surface area contributed by atoms with Crippen LogP contribution in [0.5, 0.6) is 0 Å². The minimum atomic E-state index is -4.18. The second-order valence-corrected chi connectivity index (χ2v) is 6.71. The molecule has 0 fully saturated rings. The van der Waals surface area contributed by atoms with Crippen LogP contribution in [0.25, 0.3) is 0 Å². The molecule has 0 heterocycles. The maximum atomic E-state index is 12.4. The molecular formula is C14H12N4O7S.